The van der Waals surface area contributed by atoms with Gasteiger partial charge >= 0.3 is 0 Å². The molecule has 0 aliphatic carbocycles. The molecule has 0 aromatic heterocycles. The lowest BCUT2D eigenvalue weighted by atomic mass is 9.77. The van der Waals surface area contributed by atoms with Crippen LogP contribution in [0.25, 0.3) is 0 Å². The minimum Gasteiger partial charge on any atom is -0.315 e. The molecule has 1 rings (SSSR count). The van der Waals surface area contributed by atoms with Crippen LogP contribution in [-0.4, -0.2) is 13.1 Å². The van der Waals surface area contributed by atoms with Crippen molar-refractivity contribution in [3.8, 4) is 0 Å². The predicted molar refractivity (Wildman–Crippen MR) is 45.0 cm³/mol. The summed E-state index contributed by atoms with van der Waals surface area (Å²) in [5.41, 5.74) is 1.69. The molecule has 1 N–H and O–H groups in total. The normalized spacial score (nSPS) is 20.3. The summed E-state index contributed by atoms with van der Waals surface area (Å²) in [4.78, 5) is 0. The van der Waals surface area contributed by atoms with Gasteiger partial charge in [-0.3, -0.25) is 0 Å². The van der Waals surface area contributed by atoms with Gasteiger partial charge in [0.1, 0.15) is 0 Å². The Balaban J connectivity index is 2.48. The highest BCUT2D eigenvalue weighted by atomic mass is 14.9. The first-order chi connectivity index (χ1) is 4.52. The van der Waals surface area contributed by atoms with Gasteiger partial charge in [-0.25, -0.2) is 0 Å². The van der Waals surface area contributed by atoms with Crippen LogP contribution in [0.4, 0.5) is 0 Å². The van der Waals surface area contributed by atoms with E-state index in [0.717, 1.165) is 19.0 Å². The monoisotopic (exact) mass is 139 g/mol. The van der Waals surface area contributed by atoms with Gasteiger partial charge in [0.15, 0.2) is 0 Å². The summed E-state index contributed by atoms with van der Waals surface area (Å²) < 4.78 is 0. The average Bonchev–Trinajstić information content (AvgIpc) is 1.57. The molecule has 0 saturated carbocycles. The summed E-state index contributed by atoms with van der Waals surface area (Å²) >= 11 is 0. The second-order valence-electron chi connectivity index (χ2n) is 4.13. The highest BCUT2D eigenvalue weighted by Crippen LogP contribution is 2.31. The molecule has 1 saturated heterocycles. The van der Waals surface area contributed by atoms with E-state index in [2.05, 4.69) is 32.7 Å². The van der Waals surface area contributed by atoms with Crippen LogP contribution in [0.5, 0.6) is 0 Å². The largest absolute Gasteiger partial charge is 0.315 e. The molecule has 1 fully saturated rings. The van der Waals surface area contributed by atoms with E-state index in [4.69, 9.17) is 0 Å². The van der Waals surface area contributed by atoms with Gasteiger partial charge in [-0.2, -0.15) is 0 Å². The highest BCUT2D eigenvalue weighted by molar-refractivity contribution is 5.13. The van der Waals surface area contributed by atoms with Crippen molar-refractivity contribution in [1.29, 1.82) is 0 Å². The molecule has 0 spiro atoms. The quantitative estimate of drug-likeness (QED) is 0.546. The zero-order valence-corrected chi connectivity index (χ0v) is 7.20. The van der Waals surface area contributed by atoms with Crippen LogP contribution in [0.1, 0.15) is 20.8 Å². The molecule has 0 radical (unpaired) electrons. The van der Waals surface area contributed by atoms with Crippen molar-refractivity contribution < 1.29 is 0 Å². The van der Waals surface area contributed by atoms with E-state index >= 15 is 0 Å². The third-order valence-electron chi connectivity index (χ3n) is 2.24. The van der Waals surface area contributed by atoms with Crippen LogP contribution < -0.4 is 5.32 Å². The highest BCUT2D eigenvalue weighted by Gasteiger charge is 2.27. The van der Waals surface area contributed by atoms with Gasteiger partial charge in [0, 0.05) is 19.0 Å². The molecule has 0 aromatic rings. The molecule has 58 valence electrons. The standard InChI is InChI=1S/C9H17N/c1-7(9(2,3)4)8-5-10-6-8/h8,10H,1,5-6H2,2-4H3. The van der Waals surface area contributed by atoms with Crippen LogP contribution in [-0.2, 0) is 0 Å². The zero-order chi connectivity index (χ0) is 7.78. The summed E-state index contributed by atoms with van der Waals surface area (Å²) in [6.45, 7) is 13.1. The van der Waals surface area contributed by atoms with Crippen molar-refractivity contribution in [2.75, 3.05) is 13.1 Å². The van der Waals surface area contributed by atoms with Gasteiger partial charge in [-0.15, -0.1) is 0 Å². The lowest BCUT2D eigenvalue weighted by Crippen LogP contribution is -2.44. The minimum absolute atomic E-state index is 0.298. The molecule has 1 aliphatic heterocycles. The van der Waals surface area contributed by atoms with E-state index in [-0.39, 0.29) is 0 Å². The minimum atomic E-state index is 0.298. The van der Waals surface area contributed by atoms with Gasteiger partial charge in [-0.05, 0) is 5.41 Å². The number of hydrogen-bond acceptors (Lipinski definition) is 1. The van der Waals surface area contributed by atoms with Crippen molar-refractivity contribution in [2.24, 2.45) is 11.3 Å². The van der Waals surface area contributed by atoms with E-state index in [1.165, 1.54) is 5.57 Å². The van der Waals surface area contributed by atoms with Crippen LogP contribution in [0.15, 0.2) is 12.2 Å². The maximum absolute atomic E-state index is 4.11. The van der Waals surface area contributed by atoms with Crippen LogP contribution >= 0.6 is 0 Å². The van der Waals surface area contributed by atoms with Gasteiger partial charge in [0.05, 0.1) is 0 Å². The Morgan fingerprint density at radius 2 is 1.90 bits per heavy atom. The van der Waals surface area contributed by atoms with Crippen molar-refractivity contribution in [1.82, 2.24) is 5.32 Å². The number of rotatable bonds is 1. The smallest absolute Gasteiger partial charge is 0.00499 e. The van der Waals surface area contributed by atoms with E-state index in [0.29, 0.717) is 5.41 Å². The Bertz CT molecular complexity index is 137. The molecule has 0 bridgehead atoms. The fourth-order valence-corrected chi connectivity index (χ4v) is 1.15. The summed E-state index contributed by atoms with van der Waals surface area (Å²) in [5, 5.41) is 3.25. The Morgan fingerprint density at radius 1 is 1.40 bits per heavy atom. The Morgan fingerprint density at radius 3 is 2.00 bits per heavy atom. The molecule has 10 heavy (non-hydrogen) atoms. The molecular formula is C9H17N. The van der Waals surface area contributed by atoms with Gasteiger partial charge in [0.25, 0.3) is 0 Å². The van der Waals surface area contributed by atoms with Crippen molar-refractivity contribution in [3.63, 3.8) is 0 Å². The van der Waals surface area contributed by atoms with E-state index < -0.39 is 0 Å². The number of hydrogen-bond donors (Lipinski definition) is 1. The van der Waals surface area contributed by atoms with Crippen LogP contribution in [0.2, 0.25) is 0 Å². The third-order valence-corrected chi connectivity index (χ3v) is 2.24. The summed E-state index contributed by atoms with van der Waals surface area (Å²) in [5.74, 6) is 0.736. The maximum Gasteiger partial charge on any atom is 0.00499 e. The first-order valence-corrected chi connectivity index (χ1v) is 3.92. The molecule has 1 aliphatic rings. The fourth-order valence-electron chi connectivity index (χ4n) is 1.15. The van der Waals surface area contributed by atoms with Gasteiger partial charge in [-0.1, -0.05) is 32.9 Å². The molecular weight excluding hydrogens is 122 g/mol. The van der Waals surface area contributed by atoms with Gasteiger partial charge in [0.2, 0.25) is 0 Å². The van der Waals surface area contributed by atoms with Crippen LogP contribution in [0.3, 0.4) is 0 Å². The molecule has 1 heterocycles. The number of nitrogens with one attached hydrogen (secondary N) is 1. The van der Waals surface area contributed by atoms with E-state index in [9.17, 15) is 0 Å². The SMILES string of the molecule is C=C(C1CNC1)C(C)(C)C. The molecule has 0 atom stereocenters. The maximum atomic E-state index is 4.11. The average molecular weight is 139 g/mol. The Kier molecular flexibility index (Phi) is 1.86. The Hall–Kier alpha value is -0.300. The lowest BCUT2D eigenvalue weighted by molar-refractivity contribution is 0.331. The van der Waals surface area contributed by atoms with Crippen molar-refractivity contribution in [2.45, 2.75) is 20.8 Å². The van der Waals surface area contributed by atoms with E-state index in [1.807, 2.05) is 0 Å². The first-order valence-electron chi connectivity index (χ1n) is 3.92. The van der Waals surface area contributed by atoms with Crippen molar-refractivity contribution in [3.05, 3.63) is 12.2 Å². The van der Waals surface area contributed by atoms with Crippen LogP contribution in [0, 0.1) is 11.3 Å². The lowest BCUT2D eigenvalue weighted by Gasteiger charge is -2.35. The summed E-state index contributed by atoms with van der Waals surface area (Å²) in [6, 6.07) is 0. The molecule has 1 nitrogen and oxygen atoms in total. The van der Waals surface area contributed by atoms with E-state index in [1.54, 1.807) is 0 Å². The second-order valence-corrected chi connectivity index (χ2v) is 4.13. The summed E-state index contributed by atoms with van der Waals surface area (Å²) in [7, 11) is 0. The Labute approximate surface area is 63.5 Å². The first kappa shape index (κ1) is 7.80. The summed E-state index contributed by atoms with van der Waals surface area (Å²) in [6.07, 6.45) is 0. The fraction of sp³-hybridized carbons (Fsp3) is 0.778. The van der Waals surface area contributed by atoms with Gasteiger partial charge < -0.3 is 5.32 Å². The molecule has 0 aromatic carbocycles. The zero-order valence-electron chi connectivity index (χ0n) is 7.20. The predicted octanol–water partition coefficient (Wildman–Crippen LogP) is 1.81. The molecule has 0 unspecified atom stereocenters. The van der Waals surface area contributed by atoms with Crippen molar-refractivity contribution >= 4 is 0 Å². The molecule has 0 amide bonds. The third kappa shape index (κ3) is 1.40. The second kappa shape index (κ2) is 2.39. The molecule has 1 heteroatoms. The topological polar surface area (TPSA) is 12.0 Å².